The van der Waals surface area contributed by atoms with E-state index in [4.69, 9.17) is 0 Å². The fraction of sp³-hybridized carbons (Fsp3) is 0.118. The zero-order valence-corrected chi connectivity index (χ0v) is 21.0. The van der Waals surface area contributed by atoms with Gasteiger partial charge in [-0.05, 0) is 53.6 Å². The van der Waals surface area contributed by atoms with Crippen molar-refractivity contribution in [1.82, 2.24) is 0 Å². The van der Waals surface area contributed by atoms with Crippen molar-refractivity contribution in [3.05, 3.63) is 126 Å². The van der Waals surface area contributed by atoms with E-state index in [2.05, 4.69) is 137 Å². The van der Waals surface area contributed by atoms with Gasteiger partial charge in [0.2, 0.25) is 0 Å². The molecule has 0 heterocycles. The van der Waals surface area contributed by atoms with Gasteiger partial charge in [-0.15, -0.1) is 0 Å². The molecule has 0 bridgehead atoms. The molecule has 0 fully saturated rings. The summed E-state index contributed by atoms with van der Waals surface area (Å²) < 4.78 is 0. The summed E-state index contributed by atoms with van der Waals surface area (Å²) in [6.07, 6.45) is -1.29. The van der Waals surface area contributed by atoms with E-state index in [1.807, 2.05) is 0 Å². The first kappa shape index (κ1) is 21.7. The Bertz CT molecular complexity index is 1540. The number of benzene rings is 6. The Labute approximate surface area is 208 Å². The van der Waals surface area contributed by atoms with E-state index in [1.165, 1.54) is 65.4 Å². The topological polar surface area (TPSA) is 0 Å². The predicted octanol–water partition coefficient (Wildman–Crippen LogP) is 7.17. The van der Waals surface area contributed by atoms with Crippen LogP contribution in [-0.2, 0) is 0 Å². The van der Waals surface area contributed by atoms with Crippen molar-refractivity contribution in [2.24, 2.45) is 0 Å². The molecule has 0 nitrogen and oxygen atoms in total. The van der Waals surface area contributed by atoms with Crippen molar-refractivity contribution in [3.63, 3.8) is 0 Å². The molecule has 6 aromatic rings. The van der Waals surface area contributed by atoms with Gasteiger partial charge in [-0.2, -0.15) is 23.2 Å². The molecular weight excluding hydrogens is 419 g/mol. The molecule has 0 unspecified atom stereocenters. The van der Waals surface area contributed by atoms with Crippen molar-refractivity contribution in [3.8, 4) is 0 Å². The lowest BCUT2D eigenvalue weighted by Crippen LogP contribution is -2.65. The van der Waals surface area contributed by atoms with Crippen LogP contribution in [0, 0.1) is 20.8 Å². The maximum atomic E-state index is 2.49. The average Bonchev–Trinajstić information content (AvgIpc) is 2.88. The molecule has 35 heavy (non-hydrogen) atoms. The molecule has 0 N–H and O–H groups in total. The molecule has 0 spiro atoms. The van der Waals surface area contributed by atoms with Gasteiger partial charge in [0, 0.05) is 0 Å². The molecule has 0 aliphatic carbocycles. The van der Waals surface area contributed by atoms with Crippen molar-refractivity contribution >= 4 is 54.9 Å². The van der Waals surface area contributed by atoms with Crippen LogP contribution in [0.1, 0.15) is 16.7 Å². The first-order chi connectivity index (χ1) is 17.0. The quantitative estimate of drug-likeness (QED) is 0.251. The van der Waals surface area contributed by atoms with Crippen LogP contribution >= 0.6 is 0 Å². The molecular formula is C34H30B-. The lowest BCUT2D eigenvalue weighted by Gasteiger charge is -2.42. The van der Waals surface area contributed by atoms with E-state index in [0.29, 0.717) is 0 Å². The first-order valence-electron chi connectivity index (χ1n) is 12.7. The highest BCUT2D eigenvalue weighted by molar-refractivity contribution is 7.13. The highest BCUT2D eigenvalue weighted by Crippen LogP contribution is 2.26. The van der Waals surface area contributed by atoms with Crippen LogP contribution in [0.25, 0.3) is 32.3 Å². The van der Waals surface area contributed by atoms with Crippen LogP contribution < -0.4 is 16.4 Å². The molecule has 6 rings (SSSR count). The average molecular weight is 449 g/mol. The largest absolute Gasteiger partial charge is 0.192 e. The van der Waals surface area contributed by atoms with Gasteiger partial charge in [-0.1, -0.05) is 125 Å². The summed E-state index contributed by atoms with van der Waals surface area (Å²) in [5, 5.41) is 8.07. The molecule has 0 aliphatic heterocycles. The third-order valence-corrected chi connectivity index (χ3v) is 8.39. The van der Waals surface area contributed by atoms with Crippen LogP contribution in [0.4, 0.5) is 0 Å². The van der Waals surface area contributed by atoms with Crippen LogP contribution in [0.15, 0.2) is 109 Å². The summed E-state index contributed by atoms with van der Waals surface area (Å²) in [4.78, 5) is 0. The molecule has 0 aliphatic rings. The highest BCUT2D eigenvalue weighted by Gasteiger charge is 2.29. The molecule has 0 radical (unpaired) electrons. The Hall–Kier alpha value is -3.84. The van der Waals surface area contributed by atoms with Crippen molar-refractivity contribution < 1.29 is 0 Å². The normalized spacial score (nSPS) is 12.0. The Morgan fingerprint density at radius 2 is 0.600 bits per heavy atom. The van der Waals surface area contributed by atoms with Crippen molar-refractivity contribution in [1.29, 1.82) is 0 Å². The summed E-state index contributed by atoms with van der Waals surface area (Å²) in [6, 6.07) is 40.9. The minimum atomic E-state index is -1.29. The summed E-state index contributed by atoms with van der Waals surface area (Å²) in [5.74, 6) is 0. The van der Waals surface area contributed by atoms with Gasteiger partial charge >= 0.3 is 0 Å². The molecule has 0 aromatic heterocycles. The third kappa shape index (κ3) is 3.22. The number of hydrogen-bond acceptors (Lipinski definition) is 0. The molecule has 0 amide bonds. The number of aryl methyl sites for hydroxylation is 3. The van der Waals surface area contributed by atoms with Gasteiger partial charge in [-0.3, -0.25) is 0 Å². The molecule has 0 saturated carbocycles. The zero-order chi connectivity index (χ0) is 24.2. The van der Waals surface area contributed by atoms with Gasteiger partial charge < -0.3 is 0 Å². The Balaban J connectivity index is 1.83. The minimum absolute atomic E-state index is 1.29. The van der Waals surface area contributed by atoms with Crippen LogP contribution in [0.5, 0.6) is 0 Å². The van der Waals surface area contributed by atoms with Crippen molar-refractivity contribution in [2.75, 3.05) is 0 Å². The lowest BCUT2D eigenvalue weighted by atomic mass is 9.16. The number of fused-ring (bicyclic) bond motifs is 3. The molecule has 0 atom stereocenters. The molecule has 0 saturated heterocycles. The van der Waals surface area contributed by atoms with Gasteiger partial charge in [-0.25, -0.2) is 0 Å². The minimum Gasteiger partial charge on any atom is -0.192 e. The highest BCUT2D eigenvalue weighted by atomic mass is 14.1. The Morgan fingerprint density at radius 3 is 0.914 bits per heavy atom. The van der Waals surface area contributed by atoms with E-state index in [1.54, 1.807) is 0 Å². The van der Waals surface area contributed by atoms with Crippen LogP contribution in [-0.4, -0.2) is 6.15 Å². The molecule has 6 aromatic carbocycles. The lowest BCUT2D eigenvalue weighted by molar-refractivity contribution is 1.53. The smallest absolute Gasteiger partial charge is 0.0810 e. The number of hydrogen-bond donors (Lipinski definition) is 0. The maximum Gasteiger partial charge on any atom is 0.0810 e. The summed E-state index contributed by atoms with van der Waals surface area (Å²) in [5.41, 5.74) is 8.21. The van der Waals surface area contributed by atoms with Gasteiger partial charge in [0.25, 0.3) is 0 Å². The third-order valence-electron chi connectivity index (χ3n) is 8.39. The van der Waals surface area contributed by atoms with Crippen LogP contribution in [0.2, 0.25) is 6.82 Å². The molecule has 1 heteroatoms. The van der Waals surface area contributed by atoms with E-state index in [-0.39, 0.29) is 0 Å². The standard InChI is InChI=1S/C34H30B/c1-23-11-5-17-29-26(23)14-8-20-32(29)35(4,33-21-9-15-27-24(2)12-6-18-30(27)33)34-22-10-16-28-25(3)13-7-19-31(28)34/h5-22H,1-4H3/q-1. The van der Waals surface area contributed by atoms with Crippen molar-refractivity contribution in [2.45, 2.75) is 27.6 Å². The monoisotopic (exact) mass is 449 g/mol. The first-order valence-corrected chi connectivity index (χ1v) is 12.7. The summed E-state index contributed by atoms with van der Waals surface area (Å²) in [6.45, 7) is 9.16. The predicted molar refractivity (Wildman–Crippen MR) is 157 cm³/mol. The van der Waals surface area contributed by atoms with Gasteiger partial charge in [0.05, 0.1) is 6.15 Å². The van der Waals surface area contributed by atoms with Crippen LogP contribution in [0.3, 0.4) is 0 Å². The Kier molecular flexibility index (Phi) is 5.04. The van der Waals surface area contributed by atoms with E-state index in [9.17, 15) is 0 Å². The second-order valence-electron chi connectivity index (χ2n) is 10.4. The second-order valence-corrected chi connectivity index (χ2v) is 10.4. The van der Waals surface area contributed by atoms with Gasteiger partial charge in [0.15, 0.2) is 0 Å². The zero-order valence-electron chi connectivity index (χ0n) is 21.0. The summed E-state index contributed by atoms with van der Waals surface area (Å²) in [7, 11) is 0. The second kappa shape index (κ2) is 8.13. The summed E-state index contributed by atoms with van der Waals surface area (Å²) >= 11 is 0. The number of rotatable bonds is 3. The van der Waals surface area contributed by atoms with Gasteiger partial charge in [0.1, 0.15) is 0 Å². The van der Waals surface area contributed by atoms with E-state index < -0.39 is 6.15 Å². The Morgan fingerprint density at radius 1 is 0.343 bits per heavy atom. The van der Waals surface area contributed by atoms with E-state index >= 15 is 0 Å². The fourth-order valence-corrected chi connectivity index (χ4v) is 6.49. The SMILES string of the molecule is Cc1cccc2c([B-](C)(c3cccc4c(C)cccc34)c3cccc4c(C)cccc34)cccc12. The maximum absolute atomic E-state index is 2.49. The van der Waals surface area contributed by atoms with E-state index in [0.717, 1.165) is 0 Å². The fourth-order valence-electron chi connectivity index (χ4n) is 6.49. The molecule has 170 valence electrons.